The van der Waals surface area contributed by atoms with Crippen LogP contribution in [-0.4, -0.2) is 55.6 Å². The fraction of sp³-hybridized carbons (Fsp3) is 0.588. The van der Waals surface area contributed by atoms with Gasteiger partial charge in [0, 0.05) is 12.6 Å². The second-order valence-corrected chi connectivity index (χ2v) is 5.73. The molecule has 1 saturated heterocycles. The third kappa shape index (κ3) is 4.05. The van der Waals surface area contributed by atoms with Gasteiger partial charge in [0.15, 0.2) is 0 Å². The van der Waals surface area contributed by atoms with Gasteiger partial charge in [0.2, 0.25) is 0 Å². The van der Waals surface area contributed by atoms with Gasteiger partial charge in [-0.2, -0.15) is 0 Å². The first-order chi connectivity index (χ1) is 10.2. The van der Waals surface area contributed by atoms with Crippen molar-refractivity contribution in [2.24, 2.45) is 0 Å². The first-order valence-corrected chi connectivity index (χ1v) is 7.74. The average Bonchev–Trinajstić information content (AvgIpc) is 2.54. The quantitative estimate of drug-likeness (QED) is 0.780. The van der Waals surface area contributed by atoms with E-state index in [0.717, 1.165) is 18.7 Å². The zero-order valence-electron chi connectivity index (χ0n) is 13.3. The highest BCUT2D eigenvalue weighted by molar-refractivity contribution is 5.90. The Labute approximate surface area is 127 Å². The topological polar surface area (TPSA) is 32.8 Å². The molecule has 0 spiro atoms. The number of likely N-dealkylation sites (tertiary alicyclic amines) is 1. The van der Waals surface area contributed by atoms with Crippen molar-refractivity contribution in [2.75, 3.05) is 33.8 Å². The Bertz CT molecular complexity index is 468. The molecule has 1 aliphatic rings. The monoisotopic (exact) mass is 290 g/mol. The number of benzene rings is 1. The minimum atomic E-state index is -0.250. The van der Waals surface area contributed by atoms with Crippen LogP contribution in [0, 0.1) is 0 Å². The summed E-state index contributed by atoms with van der Waals surface area (Å²) in [5.74, 6) is -0.250. The van der Waals surface area contributed by atoms with Crippen LogP contribution >= 0.6 is 0 Å². The highest BCUT2D eigenvalue weighted by atomic mass is 16.5. The Kier molecular flexibility index (Phi) is 5.76. The van der Waals surface area contributed by atoms with E-state index in [1.807, 2.05) is 24.3 Å². The van der Waals surface area contributed by atoms with Crippen molar-refractivity contribution in [3.05, 3.63) is 35.4 Å². The number of piperidine rings is 1. The third-order valence-corrected chi connectivity index (χ3v) is 4.47. The lowest BCUT2D eigenvalue weighted by Gasteiger charge is -2.36. The van der Waals surface area contributed by atoms with E-state index >= 15 is 0 Å². The number of nitrogens with zero attached hydrogens (tertiary/aromatic N) is 2. The molecule has 116 valence electrons. The van der Waals surface area contributed by atoms with Gasteiger partial charge in [0.1, 0.15) is 0 Å². The minimum absolute atomic E-state index is 0.250. The van der Waals surface area contributed by atoms with Crippen LogP contribution < -0.4 is 0 Å². The van der Waals surface area contributed by atoms with Crippen LogP contribution in [0.4, 0.5) is 0 Å². The molecule has 0 unspecified atom stereocenters. The molecule has 2 rings (SSSR count). The summed E-state index contributed by atoms with van der Waals surface area (Å²) in [7, 11) is 3.59. The Morgan fingerprint density at radius 2 is 2.00 bits per heavy atom. The van der Waals surface area contributed by atoms with Crippen LogP contribution in [0.3, 0.4) is 0 Å². The normalized spacial score (nSPS) is 17.1. The lowest BCUT2D eigenvalue weighted by molar-refractivity contribution is 0.0597. The number of carbonyl (C=O) groups excluding carboxylic acids is 1. The standard InChI is InChI=1S/C17H26N2O2/c1-4-19-11-9-15(10-12-19)18(2)13-14-7-5-6-8-16(14)17(20)21-3/h5-8,15H,4,9-13H2,1-3H3. The summed E-state index contributed by atoms with van der Waals surface area (Å²) >= 11 is 0. The maximum atomic E-state index is 11.8. The van der Waals surface area contributed by atoms with Crippen molar-refractivity contribution in [2.45, 2.75) is 32.4 Å². The summed E-state index contributed by atoms with van der Waals surface area (Å²) in [6, 6.07) is 8.32. The minimum Gasteiger partial charge on any atom is -0.465 e. The van der Waals surface area contributed by atoms with E-state index in [2.05, 4.69) is 23.8 Å². The van der Waals surface area contributed by atoms with E-state index in [9.17, 15) is 4.79 Å². The number of carbonyl (C=O) groups is 1. The number of hydrogen-bond acceptors (Lipinski definition) is 4. The van der Waals surface area contributed by atoms with Gasteiger partial charge in [-0.05, 0) is 51.2 Å². The van der Waals surface area contributed by atoms with Gasteiger partial charge in [-0.25, -0.2) is 4.79 Å². The summed E-state index contributed by atoms with van der Waals surface area (Å²) in [6.07, 6.45) is 2.40. The van der Waals surface area contributed by atoms with Crippen molar-refractivity contribution in [1.29, 1.82) is 0 Å². The molecule has 0 bridgehead atoms. The van der Waals surface area contributed by atoms with Gasteiger partial charge in [-0.15, -0.1) is 0 Å². The first-order valence-electron chi connectivity index (χ1n) is 7.74. The molecule has 4 heteroatoms. The summed E-state index contributed by atoms with van der Waals surface area (Å²) in [6.45, 7) is 6.49. The second-order valence-electron chi connectivity index (χ2n) is 5.73. The van der Waals surface area contributed by atoms with E-state index in [0.29, 0.717) is 11.6 Å². The van der Waals surface area contributed by atoms with Gasteiger partial charge in [-0.1, -0.05) is 25.1 Å². The van der Waals surface area contributed by atoms with Crippen LogP contribution in [0.25, 0.3) is 0 Å². The molecule has 0 radical (unpaired) electrons. The first kappa shape index (κ1) is 16.0. The predicted molar refractivity (Wildman–Crippen MR) is 84.4 cm³/mol. The predicted octanol–water partition coefficient (Wildman–Crippen LogP) is 2.39. The molecule has 4 nitrogen and oxygen atoms in total. The van der Waals surface area contributed by atoms with Crippen molar-refractivity contribution in [3.63, 3.8) is 0 Å². The maximum absolute atomic E-state index is 11.8. The largest absolute Gasteiger partial charge is 0.465 e. The molecule has 0 amide bonds. The Balaban J connectivity index is 2.00. The zero-order valence-corrected chi connectivity index (χ0v) is 13.3. The van der Waals surface area contributed by atoms with Gasteiger partial charge < -0.3 is 9.64 Å². The smallest absolute Gasteiger partial charge is 0.338 e. The van der Waals surface area contributed by atoms with E-state index in [-0.39, 0.29) is 5.97 Å². The summed E-state index contributed by atoms with van der Waals surface area (Å²) in [5, 5.41) is 0. The molecule has 0 aromatic heterocycles. The number of methoxy groups -OCH3 is 1. The SMILES string of the molecule is CCN1CCC(N(C)Cc2ccccc2C(=O)OC)CC1. The fourth-order valence-corrected chi connectivity index (χ4v) is 3.04. The average molecular weight is 290 g/mol. The van der Waals surface area contributed by atoms with Gasteiger partial charge in [0.25, 0.3) is 0 Å². The number of esters is 1. The van der Waals surface area contributed by atoms with Crippen LogP contribution in [0.2, 0.25) is 0 Å². The van der Waals surface area contributed by atoms with Gasteiger partial charge in [-0.3, -0.25) is 4.90 Å². The van der Waals surface area contributed by atoms with E-state index in [1.165, 1.54) is 33.0 Å². The van der Waals surface area contributed by atoms with Crippen molar-refractivity contribution in [1.82, 2.24) is 9.80 Å². The molecule has 0 aliphatic carbocycles. The molecule has 1 aromatic carbocycles. The molecular formula is C17H26N2O2. The van der Waals surface area contributed by atoms with Crippen LogP contribution in [0.5, 0.6) is 0 Å². The number of hydrogen-bond donors (Lipinski definition) is 0. The van der Waals surface area contributed by atoms with Gasteiger partial charge in [0.05, 0.1) is 12.7 Å². The van der Waals surface area contributed by atoms with Crippen molar-refractivity contribution in [3.8, 4) is 0 Å². The molecule has 0 N–H and O–H groups in total. The molecule has 1 aliphatic heterocycles. The van der Waals surface area contributed by atoms with E-state index in [1.54, 1.807) is 0 Å². The Hall–Kier alpha value is -1.39. The maximum Gasteiger partial charge on any atom is 0.338 e. The van der Waals surface area contributed by atoms with Crippen LogP contribution in [0.15, 0.2) is 24.3 Å². The Morgan fingerprint density at radius 1 is 1.33 bits per heavy atom. The lowest BCUT2D eigenvalue weighted by atomic mass is 10.0. The fourth-order valence-electron chi connectivity index (χ4n) is 3.04. The van der Waals surface area contributed by atoms with E-state index in [4.69, 9.17) is 4.74 Å². The van der Waals surface area contributed by atoms with Crippen molar-refractivity contribution < 1.29 is 9.53 Å². The molecule has 0 atom stereocenters. The molecule has 1 aromatic rings. The second kappa shape index (κ2) is 7.57. The zero-order chi connectivity index (χ0) is 15.2. The molecule has 21 heavy (non-hydrogen) atoms. The molecule has 1 heterocycles. The lowest BCUT2D eigenvalue weighted by Crippen LogP contribution is -2.43. The highest BCUT2D eigenvalue weighted by Crippen LogP contribution is 2.19. The van der Waals surface area contributed by atoms with Gasteiger partial charge >= 0.3 is 5.97 Å². The summed E-state index contributed by atoms with van der Waals surface area (Å²) < 4.78 is 4.87. The van der Waals surface area contributed by atoms with E-state index < -0.39 is 0 Å². The Morgan fingerprint density at radius 3 is 2.62 bits per heavy atom. The molecular weight excluding hydrogens is 264 g/mol. The number of ether oxygens (including phenoxy) is 1. The number of rotatable bonds is 5. The summed E-state index contributed by atoms with van der Waals surface area (Å²) in [5.41, 5.74) is 1.72. The van der Waals surface area contributed by atoms with Crippen LogP contribution in [0.1, 0.15) is 35.7 Å². The van der Waals surface area contributed by atoms with Crippen LogP contribution in [-0.2, 0) is 11.3 Å². The molecule has 0 saturated carbocycles. The molecule has 1 fully saturated rings. The van der Waals surface area contributed by atoms with Crippen molar-refractivity contribution >= 4 is 5.97 Å². The summed E-state index contributed by atoms with van der Waals surface area (Å²) in [4.78, 5) is 16.7. The highest BCUT2D eigenvalue weighted by Gasteiger charge is 2.22. The third-order valence-electron chi connectivity index (χ3n) is 4.47.